The number of ether oxygens (including phenoxy) is 1. The Morgan fingerprint density at radius 2 is 2.00 bits per heavy atom. The van der Waals surface area contributed by atoms with Crippen molar-refractivity contribution >= 4 is 0 Å². The molecule has 1 aromatic rings. The first kappa shape index (κ1) is 12.0. The van der Waals surface area contributed by atoms with Gasteiger partial charge in [0.25, 0.3) is 0 Å². The van der Waals surface area contributed by atoms with Crippen LogP contribution in [0.15, 0.2) is 24.3 Å². The highest BCUT2D eigenvalue weighted by Crippen LogP contribution is 2.12. The third-order valence-corrected chi connectivity index (χ3v) is 2.31. The monoisotopic (exact) mass is 209 g/mol. The molecule has 0 saturated carbocycles. The highest BCUT2D eigenvalue weighted by atomic mass is 16.5. The summed E-state index contributed by atoms with van der Waals surface area (Å²) < 4.78 is 5.09. The van der Waals surface area contributed by atoms with Gasteiger partial charge in [0.15, 0.2) is 0 Å². The number of aliphatic hydroxyl groups excluding tert-OH is 1. The molecule has 0 heterocycles. The lowest BCUT2D eigenvalue weighted by Gasteiger charge is -2.12. The second kappa shape index (κ2) is 6.43. The third-order valence-electron chi connectivity index (χ3n) is 2.31. The topological polar surface area (TPSA) is 41.5 Å². The van der Waals surface area contributed by atoms with E-state index >= 15 is 0 Å². The van der Waals surface area contributed by atoms with E-state index in [2.05, 4.69) is 24.4 Å². The highest BCUT2D eigenvalue weighted by Gasteiger charge is 2.02. The molecule has 15 heavy (non-hydrogen) atoms. The number of aliphatic hydroxyl groups is 1. The summed E-state index contributed by atoms with van der Waals surface area (Å²) in [6.45, 7) is 2.95. The minimum absolute atomic E-state index is 0.187. The van der Waals surface area contributed by atoms with Gasteiger partial charge in [-0.25, -0.2) is 0 Å². The predicted molar refractivity (Wildman–Crippen MR) is 61.2 cm³/mol. The van der Waals surface area contributed by atoms with Crippen LogP contribution in [0.2, 0.25) is 0 Å². The molecule has 3 nitrogen and oxygen atoms in total. The Balaban J connectivity index is 2.42. The molecule has 0 spiro atoms. The minimum Gasteiger partial charge on any atom is -0.497 e. The van der Waals surface area contributed by atoms with Gasteiger partial charge >= 0.3 is 0 Å². The van der Waals surface area contributed by atoms with Crippen LogP contribution >= 0.6 is 0 Å². The maximum atomic E-state index is 8.67. The van der Waals surface area contributed by atoms with Gasteiger partial charge in [-0.15, -0.1) is 0 Å². The number of rotatable bonds is 6. The molecule has 0 aliphatic heterocycles. The van der Waals surface area contributed by atoms with E-state index in [9.17, 15) is 0 Å². The Kier molecular flexibility index (Phi) is 5.15. The molecule has 84 valence electrons. The van der Waals surface area contributed by atoms with Gasteiger partial charge in [0.05, 0.1) is 13.7 Å². The molecule has 1 rings (SSSR count). The van der Waals surface area contributed by atoms with Crippen LogP contribution in [0, 0.1) is 0 Å². The summed E-state index contributed by atoms with van der Waals surface area (Å²) in [4.78, 5) is 0. The van der Waals surface area contributed by atoms with Crippen molar-refractivity contribution in [2.24, 2.45) is 0 Å². The highest BCUT2D eigenvalue weighted by molar-refractivity contribution is 5.27. The lowest BCUT2D eigenvalue weighted by atomic mass is 10.1. The zero-order valence-corrected chi connectivity index (χ0v) is 9.36. The molecule has 0 aliphatic carbocycles. The predicted octanol–water partition coefficient (Wildman–Crippen LogP) is 1.21. The van der Waals surface area contributed by atoms with Gasteiger partial charge in [0.1, 0.15) is 5.75 Å². The van der Waals surface area contributed by atoms with E-state index in [0.29, 0.717) is 12.6 Å². The first-order chi connectivity index (χ1) is 7.26. The molecule has 0 bridgehead atoms. The second-order valence-corrected chi connectivity index (χ2v) is 3.63. The molecule has 0 amide bonds. The van der Waals surface area contributed by atoms with Gasteiger partial charge in [-0.2, -0.15) is 0 Å². The van der Waals surface area contributed by atoms with Gasteiger partial charge in [-0.1, -0.05) is 12.1 Å². The smallest absolute Gasteiger partial charge is 0.118 e. The van der Waals surface area contributed by atoms with Crippen LogP contribution in [0.25, 0.3) is 0 Å². The molecule has 3 heteroatoms. The average Bonchev–Trinajstić information content (AvgIpc) is 2.27. The molecule has 0 fully saturated rings. The largest absolute Gasteiger partial charge is 0.497 e. The van der Waals surface area contributed by atoms with E-state index in [1.165, 1.54) is 5.56 Å². The third kappa shape index (κ3) is 4.32. The summed E-state index contributed by atoms with van der Waals surface area (Å²) in [5.41, 5.74) is 1.27. The normalized spacial score (nSPS) is 12.5. The van der Waals surface area contributed by atoms with E-state index < -0.39 is 0 Å². The molecule has 2 N–H and O–H groups in total. The molecule has 1 aromatic carbocycles. The second-order valence-electron chi connectivity index (χ2n) is 3.63. The van der Waals surface area contributed by atoms with Crippen LogP contribution < -0.4 is 10.1 Å². The Bertz CT molecular complexity index is 271. The van der Waals surface area contributed by atoms with Crippen molar-refractivity contribution in [2.45, 2.75) is 19.4 Å². The summed E-state index contributed by atoms with van der Waals surface area (Å²) in [6, 6.07) is 8.44. The first-order valence-electron chi connectivity index (χ1n) is 5.23. The van der Waals surface area contributed by atoms with Gasteiger partial charge < -0.3 is 15.2 Å². The Hall–Kier alpha value is -1.06. The van der Waals surface area contributed by atoms with E-state index in [1.54, 1.807) is 7.11 Å². The van der Waals surface area contributed by atoms with Crippen molar-refractivity contribution in [3.05, 3.63) is 29.8 Å². The quantitative estimate of drug-likeness (QED) is 0.740. The van der Waals surface area contributed by atoms with Crippen LogP contribution in [-0.2, 0) is 6.42 Å². The fourth-order valence-electron chi connectivity index (χ4n) is 1.50. The molecule has 0 aromatic heterocycles. The zero-order valence-electron chi connectivity index (χ0n) is 9.36. The van der Waals surface area contributed by atoms with Gasteiger partial charge in [0, 0.05) is 12.6 Å². The van der Waals surface area contributed by atoms with Crippen molar-refractivity contribution in [2.75, 3.05) is 20.3 Å². The summed E-state index contributed by atoms with van der Waals surface area (Å²) in [6.07, 6.45) is 0.962. The number of nitrogens with one attached hydrogen (secondary N) is 1. The van der Waals surface area contributed by atoms with Gasteiger partial charge in [-0.3, -0.25) is 0 Å². The van der Waals surface area contributed by atoms with Crippen LogP contribution in [0.5, 0.6) is 5.75 Å². The molecule has 0 saturated heterocycles. The van der Waals surface area contributed by atoms with Crippen LogP contribution in [0.3, 0.4) is 0 Å². The summed E-state index contributed by atoms with van der Waals surface area (Å²) in [5.74, 6) is 0.884. The molecule has 0 aliphatic rings. The Labute approximate surface area is 91.1 Å². The SMILES string of the molecule is COc1ccc(C[C@@H](C)NCCO)cc1. The molecule has 0 radical (unpaired) electrons. The molecular weight excluding hydrogens is 190 g/mol. The lowest BCUT2D eigenvalue weighted by molar-refractivity contribution is 0.285. The van der Waals surface area contributed by atoms with Crippen LogP contribution in [0.1, 0.15) is 12.5 Å². The lowest BCUT2D eigenvalue weighted by Crippen LogP contribution is -2.30. The van der Waals surface area contributed by atoms with Crippen molar-refractivity contribution in [1.29, 1.82) is 0 Å². The zero-order chi connectivity index (χ0) is 11.1. The first-order valence-corrected chi connectivity index (χ1v) is 5.23. The van der Waals surface area contributed by atoms with Crippen molar-refractivity contribution in [3.8, 4) is 5.75 Å². The van der Waals surface area contributed by atoms with E-state index in [-0.39, 0.29) is 6.61 Å². The van der Waals surface area contributed by atoms with Crippen LogP contribution in [0.4, 0.5) is 0 Å². The van der Waals surface area contributed by atoms with Crippen LogP contribution in [-0.4, -0.2) is 31.4 Å². The van der Waals surface area contributed by atoms with E-state index in [4.69, 9.17) is 9.84 Å². The average molecular weight is 209 g/mol. The van der Waals surface area contributed by atoms with Crippen molar-refractivity contribution in [3.63, 3.8) is 0 Å². The van der Waals surface area contributed by atoms with E-state index in [1.807, 2.05) is 12.1 Å². The number of hydrogen-bond acceptors (Lipinski definition) is 3. The summed E-state index contributed by atoms with van der Waals surface area (Å²) >= 11 is 0. The van der Waals surface area contributed by atoms with Gasteiger partial charge in [-0.05, 0) is 31.0 Å². The molecule has 0 unspecified atom stereocenters. The Morgan fingerprint density at radius 3 is 2.53 bits per heavy atom. The Morgan fingerprint density at radius 1 is 1.33 bits per heavy atom. The van der Waals surface area contributed by atoms with Gasteiger partial charge in [0.2, 0.25) is 0 Å². The maximum absolute atomic E-state index is 8.67. The van der Waals surface area contributed by atoms with E-state index in [0.717, 1.165) is 12.2 Å². The molecular formula is C12H19NO2. The summed E-state index contributed by atoms with van der Waals surface area (Å²) in [5, 5.41) is 11.9. The maximum Gasteiger partial charge on any atom is 0.118 e. The number of hydrogen-bond donors (Lipinski definition) is 2. The van der Waals surface area contributed by atoms with Crippen molar-refractivity contribution in [1.82, 2.24) is 5.32 Å². The summed E-state index contributed by atoms with van der Waals surface area (Å²) in [7, 11) is 1.67. The van der Waals surface area contributed by atoms with Crippen molar-refractivity contribution < 1.29 is 9.84 Å². The number of methoxy groups -OCH3 is 1. The molecule has 1 atom stereocenters. The fourth-order valence-corrected chi connectivity index (χ4v) is 1.50. The number of benzene rings is 1. The standard InChI is InChI=1S/C12H19NO2/c1-10(13-7-8-14)9-11-3-5-12(15-2)6-4-11/h3-6,10,13-14H,7-9H2,1-2H3/t10-/m1/s1. The fraction of sp³-hybridized carbons (Fsp3) is 0.500. The minimum atomic E-state index is 0.187.